The van der Waals surface area contributed by atoms with E-state index in [1.165, 1.54) is 0 Å². The second kappa shape index (κ2) is 5.37. The van der Waals surface area contributed by atoms with Crippen molar-refractivity contribution in [3.63, 3.8) is 0 Å². The molecule has 4 heteroatoms. The van der Waals surface area contributed by atoms with E-state index in [0.29, 0.717) is 6.23 Å². The Kier molecular flexibility index (Phi) is 4.90. The summed E-state index contributed by atoms with van der Waals surface area (Å²) in [6, 6.07) is 0. The summed E-state index contributed by atoms with van der Waals surface area (Å²) in [6.07, 6.45) is 0.936. The van der Waals surface area contributed by atoms with Gasteiger partial charge in [-0.1, -0.05) is 13.1 Å². The Hall–Kier alpha value is -0.773. The average molecular weight is 146 g/mol. The molecule has 0 saturated carbocycles. The van der Waals surface area contributed by atoms with Gasteiger partial charge in [-0.2, -0.15) is 0 Å². The molecule has 52 valence electrons. The molecule has 0 aromatic rings. The second-order valence-corrected chi connectivity index (χ2v) is 2.79. The molecule has 0 aromatic carbocycles. The maximum atomic E-state index is 10.3. The van der Waals surface area contributed by atoms with Gasteiger partial charge in [0.1, 0.15) is 0 Å². The lowest BCUT2D eigenvalue weighted by molar-refractivity contribution is 0.0994. The molecular formula is C5H10O3Si. The normalized spacial score (nSPS) is 9.44. The van der Waals surface area contributed by atoms with E-state index in [-0.39, 0.29) is 9.52 Å². The van der Waals surface area contributed by atoms with Gasteiger partial charge in [0.2, 0.25) is 0 Å². The van der Waals surface area contributed by atoms with Crippen molar-refractivity contribution < 1.29 is 14.3 Å². The maximum absolute atomic E-state index is 10.3. The van der Waals surface area contributed by atoms with Crippen LogP contribution in [0, 0.1) is 0 Å². The number of hydrogen-bond donors (Lipinski definition) is 0. The highest BCUT2D eigenvalue weighted by molar-refractivity contribution is 6.33. The molecule has 0 radical (unpaired) electrons. The number of ether oxygens (including phenoxy) is 2. The van der Waals surface area contributed by atoms with Gasteiger partial charge in [-0.15, -0.1) is 0 Å². The molecule has 0 amide bonds. The van der Waals surface area contributed by atoms with Gasteiger partial charge >= 0.3 is 6.16 Å². The summed E-state index contributed by atoms with van der Waals surface area (Å²) in [5, 5.41) is 0. The summed E-state index contributed by atoms with van der Waals surface area (Å²) in [7, 11) is -0.203. The molecule has 0 aliphatic rings. The predicted octanol–water partition coefficient (Wildman–Crippen LogP) is 0.457. The van der Waals surface area contributed by atoms with Crippen LogP contribution in [0.2, 0.25) is 6.55 Å². The molecular weight excluding hydrogens is 136 g/mol. The summed E-state index contributed by atoms with van der Waals surface area (Å²) >= 11 is 0. The topological polar surface area (TPSA) is 35.5 Å². The number of carbonyl (C=O) groups is 1. The van der Waals surface area contributed by atoms with Crippen molar-refractivity contribution in [3.8, 4) is 0 Å². The fraction of sp³-hybridized carbons (Fsp3) is 0.400. The van der Waals surface area contributed by atoms with Crippen molar-refractivity contribution in [2.45, 2.75) is 6.55 Å². The Bertz CT molecular complexity index is 102. The standard InChI is InChI=1S/C5H10O3Si/c1-3-7-5(6)8-4-9-2/h3H,1,4,9H2,2H3. The van der Waals surface area contributed by atoms with Gasteiger partial charge in [-0.05, 0) is 0 Å². The van der Waals surface area contributed by atoms with E-state index >= 15 is 0 Å². The summed E-state index contributed by atoms with van der Waals surface area (Å²) in [4.78, 5) is 10.3. The van der Waals surface area contributed by atoms with E-state index in [1.807, 2.05) is 6.55 Å². The van der Waals surface area contributed by atoms with Gasteiger partial charge in [0.15, 0.2) is 0 Å². The number of rotatable bonds is 3. The molecule has 0 aromatic heterocycles. The van der Waals surface area contributed by atoms with Crippen LogP contribution in [0.3, 0.4) is 0 Å². The van der Waals surface area contributed by atoms with Gasteiger partial charge in [0.25, 0.3) is 0 Å². The minimum absolute atomic E-state index is 0.203. The highest BCUT2D eigenvalue weighted by Crippen LogP contribution is 1.82. The summed E-state index contributed by atoms with van der Waals surface area (Å²) < 4.78 is 8.83. The van der Waals surface area contributed by atoms with Crippen molar-refractivity contribution >= 4 is 15.7 Å². The minimum Gasteiger partial charge on any atom is -0.439 e. The lowest BCUT2D eigenvalue weighted by Gasteiger charge is -1.97. The van der Waals surface area contributed by atoms with Gasteiger partial charge in [0, 0.05) is 0 Å². The molecule has 0 aliphatic carbocycles. The molecule has 0 rings (SSSR count). The first-order valence-electron chi connectivity index (χ1n) is 2.75. The van der Waals surface area contributed by atoms with Crippen LogP contribution in [-0.4, -0.2) is 21.9 Å². The average Bonchev–Trinajstić information content (AvgIpc) is 1.85. The molecule has 0 atom stereocenters. The Morgan fingerprint density at radius 2 is 2.56 bits per heavy atom. The number of hydrogen-bond acceptors (Lipinski definition) is 3. The molecule has 9 heavy (non-hydrogen) atoms. The molecule has 0 heterocycles. The molecule has 3 nitrogen and oxygen atoms in total. The van der Waals surface area contributed by atoms with Crippen LogP contribution in [0.4, 0.5) is 4.79 Å². The molecule has 0 N–H and O–H groups in total. The molecule has 0 bridgehead atoms. The largest absolute Gasteiger partial charge is 0.512 e. The Balaban J connectivity index is 3.16. The fourth-order valence-electron chi connectivity index (χ4n) is 0.287. The van der Waals surface area contributed by atoms with E-state index in [1.54, 1.807) is 0 Å². The molecule has 0 spiro atoms. The lowest BCUT2D eigenvalue weighted by Crippen LogP contribution is -2.07. The van der Waals surface area contributed by atoms with E-state index in [2.05, 4.69) is 16.1 Å². The Morgan fingerprint density at radius 1 is 1.89 bits per heavy atom. The van der Waals surface area contributed by atoms with Crippen LogP contribution in [0.1, 0.15) is 0 Å². The first-order valence-corrected chi connectivity index (χ1v) is 5.17. The highest BCUT2D eigenvalue weighted by atomic mass is 28.2. The van der Waals surface area contributed by atoms with Crippen molar-refractivity contribution in [1.82, 2.24) is 0 Å². The quantitative estimate of drug-likeness (QED) is 0.329. The van der Waals surface area contributed by atoms with Crippen LogP contribution in [0.25, 0.3) is 0 Å². The monoisotopic (exact) mass is 146 g/mol. The van der Waals surface area contributed by atoms with Gasteiger partial charge in [-0.3, -0.25) is 0 Å². The van der Waals surface area contributed by atoms with Crippen LogP contribution in [0.5, 0.6) is 0 Å². The van der Waals surface area contributed by atoms with Crippen molar-refractivity contribution in [2.75, 3.05) is 6.23 Å². The highest BCUT2D eigenvalue weighted by Gasteiger charge is 1.97. The second-order valence-electron chi connectivity index (χ2n) is 1.38. The zero-order valence-electron chi connectivity index (χ0n) is 5.42. The van der Waals surface area contributed by atoms with E-state index < -0.39 is 6.16 Å². The smallest absolute Gasteiger partial charge is 0.439 e. The first-order chi connectivity index (χ1) is 4.31. The predicted molar refractivity (Wildman–Crippen MR) is 37.0 cm³/mol. The third-order valence-electron chi connectivity index (χ3n) is 0.604. The molecule has 0 aliphatic heterocycles. The summed E-state index contributed by atoms with van der Waals surface area (Å²) in [5.74, 6) is 0. The SMILES string of the molecule is C=COC(=O)OC[SiH2]C. The molecule has 0 saturated heterocycles. The van der Waals surface area contributed by atoms with Crippen LogP contribution < -0.4 is 0 Å². The van der Waals surface area contributed by atoms with Crippen molar-refractivity contribution in [2.24, 2.45) is 0 Å². The van der Waals surface area contributed by atoms with Crippen LogP contribution in [-0.2, 0) is 9.47 Å². The van der Waals surface area contributed by atoms with Crippen LogP contribution >= 0.6 is 0 Å². The third kappa shape index (κ3) is 5.09. The van der Waals surface area contributed by atoms with E-state index in [9.17, 15) is 4.79 Å². The Labute approximate surface area is 56.5 Å². The number of carbonyl (C=O) groups excluding carboxylic acids is 1. The minimum atomic E-state index is -0.653. The zero-order chi connectivity index (χ0) is 7.11. The maximum Gasteiger partial charge on any atom is 0.512 e. The Morgan fingerprint density at radius 3 is 3.00 bits per heavy atom. The molecule has 0 fully saturated rings. The van der Waals surface area contributed by atoms with Gasteiger partial charge in [0.05, 0.1) is 22.0 Å². The van der Waals surface area contributed by atoms with Crippen molar-refractivity contribution in [1.29, 1.82) is 0 Å². The molecule has 0 unspecified atom stereocenters. The summed E-state index contributed by atoms with van der Waals surface area (Å²) in [5.41, 5.74) is 0. The fourth-order valence-corrected chi connectivity index (χ4v) is 0.658. The van der Waals surface area contributed by atoms with E-state index in [0.717, 1.165) is 6.26 Å². The zero-order valence-corrected chi connectivity index (χ0v) is 6.84. The van der Waals surface area contributed by atoms with Crippen molar-refractivity contribution in [3.05, 3.63) is 12.8 Å². The van der Waals surface area contributed by atoms with Gasteiger partial charge in [-0.25, -0.2) is 4.79 Å². The van der Waals surface area contributed by atoms with Crippen LogP contribution in [0.15, 0.2) is 12.8 Å². The summed E-state index contributed by atoms with van der Waals surface area (Å²) in [6.45, 7) is 5.24. The van der Waals surface area contributed by atoms with E-state index in [4.69, 9.17) is 0 Å². The van der Waals surface area contributed by atoms with Gasteiger partial charge < -0.3 is 9.47 Å². The third-order valence-corrected chi connectivity index (χ3v) is 1.22. The first kappa shape index (κ1) is 8.23. The lowest BCUT2D eigenvalue weighted by atomic mass is 11.1.